The van der Waals surface area contributed by atoms with Crippen LogP contribution in [0.2, 0.25) is 0 Å². The predicted octanol–water partition coefficient (Wildman–Crippen LogP) is 2.76. The van der Waals surface area contributed by atoms with Crippen LogP contribution in [0.4, 0.5) is 4.39 Å². The summed E-state index contributed by atoms with van der Waals surface area (Å²) in [6.07, 6.45) is 2.76. The molecule has 0 aliphatic heterocycles. The van der Waals surface area contributed by atoms with Gasteiger partial charge in [-0.3, -0.25) is 4.98 Å². The molecule has 0 aliphatic carbocycles. The zero-order chi connectivity index (χ0) is 11.0. The number of H-pyrrole nitrogens is 1. The van der Waals surface area contributed by atoms with Crippen LogP contribution < -0.4 is 0 Å². The smallest absolute Gasteiger partial charge is 0.142 e. The largest absolute Gasteiger partial charge is 0.338 e. The van der Waals surface area contributed by atoms with Gasteiger partial charge in [-0.1, -0.05) is 12.1 Å². The Morgan fingerprint density at radius 3 is 2.81 bits per heavy atom. The van der Waals surface area contributed by atoms with E-state index in [0.29, 0.717) is 11.4 Å². The summed E-state index contributed by atoms with van der Waals surface area (Å²) in [5.41, 5.74) is 2.44. The number of hydrogen-bond donors (Lipinski definition) is 1. The van der Waals surface area contributed by atoms with E-state index in [1.807, 2.05) is 24.3 Å². The van der Waals surface area contributed by atoms with E-state index in [0.717, 1.165) is 11.0 Å². The van der Waals surface area contributed by atoms with Crippen LogP contribution in [0, 0.1) is 5.82 Å². The van der Waals surface area contributed by atoms with Crippen LogP contribution in [0.1, 0.15) is 0 Å². The Balaban J connectivity index is 2.19. The lowest BCUT2D eigenvalue weighted by Crippen LogP contribution is -1.84. The number of nitrogens with one attached hydrogen (secondary N) is 1. The van der Waals surface area contributed by atoms with Gasteiger partial charge in [0.05, 0.1) is 17.2 Å². The van der Waals surface area contributed by atoms with Crippen molar-refractivity contribution in [1.82, 2.24) is 15.0 Å². The first-order valence-electron chi connectivity index (χ1n) is 4.88. The maximum atomic E-state index is 13.0. The number of nitrogens with zero attached hydrogens (tertiary/aromatic N) is 2. The van der Waals surface area contributed by atoms with Gasteiger partial charge in [0, 0.05) is 11.8 Å². The number of halogens is 1. The van der Waals surface area contributed by atoms with Crippen LogP contribution in [-0.4, -0.2) is 15.0 Å². The van der Waals surface area contributed by atoms with Crippen LogP contribution in [0.25, 0.3) is 22.4 Å². The summed E-state index contributed by atoms with van der Waals surface area (Å²) in [6, 6.07) is 9.08. The Labute approximate surface area is 91.0 Å². The van der Waals surface area contributed by atoms with E-state index in [-0.39, 0.29) is 5.82 Å². The van der Waals surface area contributed by atoms with Gasteiger partial charge in [-0.25, -0.2) is 9.37 Å². The number of hydrogen-bond acceptors (Lipinski definition) is 2. The van der Waals surface area contributed by atoms with Crippen LogP contribution in [0.15, 0.2) is 42.7 Å². The second-order valence-corrected chi connectivity index (χ2v) is 3.49. The van der Waals surface area contributed by atoms with Gasteiger partial charge >= 0.3 is 0 Å². The fourth-order valence-electron chi connectivity index (χ4n) is 1.63. The number of pyridine rings is 1. The zero-order valence-corrected chi connectivity index (χ0v) is 8.31. The molecular weight excluding hydrogens is 205 g/mol. The van der Waals surface area contributed by atoms with Gasteiger partial charge in [0.15, 0.2) is 0 Å². The minimum absolute atomic E-state index is 0.363. The summed E-state index contributed by atoms with van der Waals surface area (Å²) >= 11 is 0. The van der Waals surface area contributed by atoms with Crippen LogP contribution in [-0.2, 0) is 0 Å². The predicted molar refractivity (Wildman–Crippen MR) is 59.3 cm³/mol. The van der Waals surface area contributed by atoms with Crippen LogP contribution >= 0.6 is 0 Å². The first-order valence-corrected chi connectivity index (χ1v) is 4.88. The quantitative estimate of drug-likeness (QED) is 0.675. The van der Waals surface area contributed by atoms with Crippen LogP contribution in [0.5, 0.6) is 0 Å². The lowest BCUT2D eigenvalue weighted by Gasteiger charge is -1.94. The molecule has 0 saturated heterocycles. The van der Waals surface area contributed by atoms with Crippen molar-refractivity contribution >= 4 is 11.0 Å². The van der Waals surface area contributed by atoms with E-state index in [9.17, 15) is 4.39 Å². The van der Waals surface area contributed by atoms with Crippen LogP contribution in [0.3, 0.4) is 0 Å². The van der Waals surface area contributed by atoms with Crippen molar-refractivity contribution in [2.24, 2.45) is 0 Å². The summed E-state index contributed by atoms with van der Waals surface area (Å²) in [6.45, 7) is 0. The number of imidazole rings is 1. The number of aromatic nitrogens is 3. The molecule has 0 saturated carbocycles. The standard InChI is InChI=1S/C12H8FN3/c13-9-5-8(6-14-7-9)12-15-10-3-1-2-4-11(10)16-12/h1-7H,(H,15,16). The zero-order valence-electron chi connectivity index (χ0n) is 8.31. The molecule has 3 aromatic rings. The van der Waals surface area contributed by atoms with Gasteiger partial charge in [0.2, 0.25) is 0 Å². The molecule has 3 nitrogen and oxygen atoms in total. The molecule has 0 fully saturated rings. The first kappa shape index (κ1) is 9.03. The van der Waals surface area contributed by atoms with Crippen molar-refractivity contribution in [2.75, 3.05) is 0 Å². The highest BCUT2D eigenvalue weighted by Gasteiger charge is 2.05. The highest BCUT2D eigenvalue weighted by molar-refractivity contribution is 5.78. The van der Waals surface area contributed by atoms with Crippen molar-refractivity contribution in [3.63, 3.8) is 0 Å². The second kappa shape index (κ2) is 3.41. The molecule has 0 spiro atoms. The van der Waals surface area contributed by atoms with E-state index in [1.54, 1.807) is 6.20 Å². The van der Waals surface area contributed by atoms with Crippen molar-refractivity contribution in [1.29, 1.82) is 0 Å². The summed E-state index contributed by atoms with van der Waals surface area (Å²) in [5.74, 6) is 0.270. The van der Waals surface area contributed by atoms with Gasteiger partial charge in [0.25, 0.3) is 0 Å². The second-order valence-electron chi connectivity index (χ2n) is 3.49. The molecule has 16 heavy (non-hydrogen) atoms. The summed E-state index contributed by atoms with van der Waals surface area (Å²) < 4.78 is 13.0. The molecular formula is C12H8FN3. The van der Waals surface area contributed by atoms with E-state index in [2.05, 4.69) is 15.0 Å². The van der Waals surface area contributed by atoms with Crippen molar-refractivity contribution in [3.8, 4) is 11.4 Å². The average molecular weight is 213 g/mol. The Morgan fingerprint density at radius 2 is 2.00 bits per heavy atom. The monoisotopic (exact) mass is 213 g/mol. The Morgan fingerprint density at radius 1 is 1.12 bits per heavy atom. The molecule has 0 radical (unpaired) electrons. The highest BCUT2D eigenvalue weighted by atomic mass is 19.1. The molecule has 1 aromatic carbocycles. The third kappa shape index (κ3) is 1.44. The van der Waals surface area contributed by atoms with Crippen molar-refractivity contribution < 1.29 is 4.39 Å². The third-order valence-electron chi connectivity index (χ3n) is 2.37. The lowest BCUT2D eigenvalue weighted by atomic mass is 10.3. The molecule has 78 valence electrons. The van der Waals surface area contributed by atoms with Gasteiger partial charge in [-0.05, 0) is 18.2 Å². The molecule has 3 rings (SSSR count). The normalized spacial score (nSPS) is 10.8. The van der Waals surface area contributed by atoms with Crippen molar-refractivity contribution in [2.45, 2.75) is 0 Å². The number of aromatic amines is 1. The minimum atomic E-state index is -0.363. The highest BCUT2D eigenvalue weighted by Crippen LogP contribution is 2.19. The fourth-order valence-corrected chi connectivity index (χ4v) is 1.63. The molecule has 0 aliphatic rings. The van der Waals surface area contributed by atoms with Gasteiger partial charge < -0.3 is 4.98 Å². The van der Waals surface area contributed by atoms with E-state index < -0.39 is 0 Å². The number of rotatable bonds is 1. The topological polar surface area (TPSA) is 41.6 Å². The first-order chi connectivity index (χ1) is 7.83. The van der Waals surface area contributed by atoms with E-state index in [4.69, 9.17) is 0 Å². The summed E-state index contributed by atoms with van der Waals surface area (Å²) in [4.78, 5) is 11.3. The molecule has 2 heterocycles. The van der Waals surface area contributed by atoms with E-state index >= 15 is 0 Å². The third-order valence-corrected chi connectivity index (χ3v) is 2.37. The number of fused-ring (bicyclic) bond motifs is 1. The molecule has 2 aromatic heterocycles. The van der Waals surface area contributed by atoms with Gasteiger partial charge in [-0.15, -0.1) is 0 Å². The molecule has 4 heteroatoms. The number of para-hydroxylation sites is 2. The molecule has 0 unspecified atom stereocenters. The van der Waals surface area contributed by atoms with E-state index in [1.165, 1.54) is 12.3 Å². The maximum absolute atomic E-state index is 13.0. The molecule has 0 atom stereocenters. The van der Waals surface area contributed by atoms with Crippen molar-refractivity contribution in [3.05, 3.63) is 48.5 Å². The fraction of sp³-hybridized carbons (Fsp3) is 0. The van der Waals surface area contributed by atoms with Gasteiger partial charge in [-0.2, -0.15) is 0 Å². The summed E-state index contributed by atoms with van der Waals surface area (Å²) in [5, 5.41) is 0. The van der Waals surface area contributed by atoms with Gasteiger partial charge in [0.1, 0.15) is 11.6 Å². The molecule has 1 N–H and O–H groups in total. The molecule has 0 amide bonds. The number of benzene rings is 1. The maximum Gasteiger partial charge on any atom is 0.142 e. The Hall–Kier alpha value is -2.23. The average Bonchev–Trinajstić information content (AvgIpc) is 2.72. The SMILES string of the molecule is Fc1cncc(-c2nc3ccccc3[nH]2)c1. The Bertz CT molecular complexity index is 612. The summed E-state index contributed by atoms with van der Waals surface area (Å²) in [7, 11) is 0. The lowest BCUT2D eigenvalue weighted by molar-refractivity contribution is 0.622. The Kier molecular flexibility index (Phi) is 1.93. The minimum Gasteiger partial charge on any atom is -0.338 e. The molecule has 0 bridgehead atoms.